The second-order valence-electron chi connectivity index (χ2n) is 5.84. The van der Waals surface area contributed by atoms with Crippen LogP contribution in [0, 0.1) is 0 Å². The van der Waals surface area contributed by atoms with Gasteiger partial charge in [0.2, 0.25) is 0 Å². The topological polar surface area (TPSA) is 66.9 Å². The Labute approximate surface area is 154 Å². The minimum Gasteiger partial charge on any atom is -0.497 e. The van der Waals surface area contributed by atoms with Crippen LogP contribution in [-0.4, -0.2) is 47.4 Å². The molecule has 0 N–H and O–H groups in total. The summed E-state index contributed by atoms with van der Waals surface area (Å²) in [6, 6.07) is 12.7. The van der Waals surface area contributed by atoms with E-state index in [1.165, 1.54) is 32.4 Å². The van der Waals surface area contributed by atoms with Crippen LogP contribution in [0.3, 0.4) is 0 Å². The maximum Gasteiger partial charge on any atom is 0.264 e. The number of benzene rings is 2. The van der Waals surface area contributed by atoms with Crippen molar-refractivity contribution in [3.05, 3.63) is 66.4 Å². The highest BCUT2D eigenvalue weighted by Crippen LogP contribution is 2.24. The van der Waals surface area contributed by atoms with Gasteiger partial charge in [-0.3, -0.25) is 9.10 Å². The number of nitrogens with zero attached hydrogens (tertiary/aromatic N) is 2. The third-order valence-corrected chi connectivity index (χ3v) is 5.54. The fourth-order valence-electron chi connectivity index (χ4n) is 2.21. The molecule has 0 aromatic heterocycles. The predicted molar refractivity (Wildman–Crippen MR) is 102 cm³/mol. The lowest BCUT2D eigenvalue weighted by Gasteiger charge is -2.20. The molecular formula is C19H22N2O4S. The van der Waals surface area contributed by atoms with Crippen LogP contribution in [0.1, 0.15) is 10.4 Å². The van der Waals surface area contributed by atoms with Gasteiger partial charge in [0.1, 0.15) is 5.75 Å². The van der Waals surface area contributed by atoms with Crippen molar-refractivity contribution in [2.45, 2.75) is 4.90 Å². The minimum absolute atomic E-state index is 0.144. The van der Waals surface area contributed by atoms with E-state index in [4.69, 9.17) is 4.74 Å². The molecule has 0 aliphatic heterocycles. The van der Waals surface area contributed by atoms with Crippen LogP contribution in [0.5, 0.6) is 5.75 Å². The summed E-state index contributed by atoms with van der Waals surface area (Å²) < 4.78 is 31.8. The lowest BCUT2D eigenvalue weighted by atomic mass is 10.1. The largest absolute Gasteiger partial charge is 0.497 e. The standard InChI is InChI=1S/C19H22N2O4S/c1-20(2)13-12-19(22)15-6-5-7-16(14-15)21(3)26(23,24)18-10-8-17(25-4)9-11-18/h5-14H,1-4H3/b13-12+. The number of carbonyl (C=O) groups excluding carboxylic acids is 1. The van der Waals surface area contributed by atoms with Gasteiger partial charge in [0, 0.05) is 39.0 Å². The average Bonchev–Trinajstić information content (AvgIpc) is 2.65. The van der Waals surface area contributed by atoms with Gasteiger partial charge in [0.15, 0.2) is 5.78 Å². The Hall–Kier alpha value is -2.80. The predicted octanol–water partition coefficient (Wildman–Crippen LogP) is 2.78. The zero-order chi connectivity index (χ0) is 19.3. The highest BCUT2D eigenvalue weighted by atomic mass is 32.2. The zero-order valence-electron chi connectivity index (χ0n) is 15.2. The van der Waals surface area contributed by atoms with E-state index in [2.05, 4.69) is 0 Å². The van der Waals surface area contributed by atoms with Gasteiger partial charge >= 0.3 is 0 Å². The smallest absolute Gasteiger partial charge is 0.264 e. The highest BCUT2D eigenvalue weighted by molar-refractivity contribution is 7.92. The lowest BCUT2D eigenvalue weighted by Crippen LogP contribution is -2.26. The molecule has 2 aromatic rings. The summed E-state index contributed by atoms with van der Waals surface area (Å²) in [5.74, 6) is 0.377. The molecule has 0 saturated carbocycles. The van der Waals surface area contributed by atoms with Gasteiger partial charge in [-0.15, -0.1) is 0 Å². The molecule has 0 spiro atoms. The van der Waals surface area contributed by atoms with Gasteiger partial charge in [-0.25, -0.2) is 8.42 Å². The molecule has 0 heterocycles. The first-order valence-electron chi connectivity index (χ1n) is 7.87. The second-order valence-corrected chi connectivity index (χ2v) is 7.81. The number of allylic oxidation sites excluding steroid dienone is 1. The molecule has 2 rings (SSSR count). The van der Waals surface area contributed by atoms with Crippen molar-refractivity contribution in [1.82, 2.24) is 4.90 Å². The molecule has 138 valence electrons. The van der Waals surface area contributed by atoms with Crippen molar-refractivity contribution < 1.29 is 17.9 Å². The van der Waals surface area contributed by atoms with Crippen LogP contribution < -0.4 is 9.04 Å². The van der Waals surface area contributed by atoms with Gasteiger partial charge in [-0.1, -0.05) is 12.1 Å². The number of anilines is 1. The summed E-state index contributed by atoms with van der Waals surface area (Å²) >= 11 is 0. The maximum absolute atomic E-state index is 12.8. The van der Waals surface area contributed by atoms with E-state index >= 15 is 0 Å². The molecular weight excluding hydrogens is 352 g/mol. The number of sulfonamides is 1. The van der Waals surface area contributed by atoms with Crippen molar-refractivity contribution in [3.8, 4) is 5.75 Å². The van der Waals surface area contributed by atoms with Crippen molar-refractivity contribution >= 4 is 21.5 Å². The Balaban J connectivity index is 2.32. The molecule has 0 bridgehead atoms. The summed E-state index contributed by atoms with van der Waals surface area (Å²) in [6.07, 6.45) is 3.09. The van der Waals surface area contributed by atoms with Gasteiger partial charge in [-0.2, -0.15) is 0 Å². The van der Waals surface area contributed by atoms with Crippen molar-refractivity contribution in [1.29, 1.82) is 0 Å². The SMILES string of the molecule is COc1ccc(S(=O)(=O)N(C)c2cccc(C(=O)/C=C/N(C)C)c2)cc1. The number of carbonyl (C=O) groups is 1. The monoisotopic (exact) mass is 374 g/mol. The third kappa shape index (κ3) is 4.43. The summed E-state index contributed by atoms with van der Waals surface area (Å²) in [6.45, 7) is 0. The average molecular weight is 374 g/mol. The molecule has 26 heavy (non-hydrogen) atoms. The fraction of sp³-hybridized carbons (Fsp3) is 0.211. The molecule has 0 unspecified atom stereocenters. The normalized spacial score (nSPS) is 11.4. The molecule has 0 saturated heterocycles. The van der Waals surface area contributed by atoms with Crippen molar-refractivity contribution in [3.63, 3.8) is 0 Å². The molecule has 6 nitrogen and oxygen atoms in total. The molecule has 2 aromatic carbocycles. The Morgan fingerprint density at radius 1 is 1.04 bits per heavy atom. The molecule has 0 radical (unpaired) electrons. The van der Waals surface area contributed by atoms with Crippen LogP contribution in [0.2, 0.25) is 0 Å². The van der Waals surface area contributed by atoms with Crippen LogP contribution >= 0.6 is 0 Å². The summed E-state index contributed by atoms with van der Waals surface area (Å²) in [5, 5.41) is 0. The van der Waals surface area contributed by atoms with Crippen LogP contribution in [-0.2, 0) is 10.0 Å². The number of hydrogen-bond donors (Lipinski definition) is 0. The first-order chi connectivity index (χ1) is 12.3. The van der Waals surface area contributed by atoms with E-state index in [1.54, 1.807) is 47.5 Å². The van der Waals surface area contributed by atoms with E-state index in [0.29, 0.717) is 17.0 Å². The molecule has 7 heteroatoms. The molecule has 0 aliphatic carbocycles. The fourth-order valence-corrected chi connectivity index (χ4v) is 3.40. The molecule has 0 fully saturated rings. The number of ketones is 1. The molecule has 0 amide bonds. The highest BCUT2D eigenvalue weighted by Gasteiger charge is 2.21. The molecule has 0 atom stereocenters. The Kier molecular flexibility index (Phi) is 6.05. The lowest BCUT2D eigenvalue weighted by molar-refractivity contribution is 0.104. The van der Waals surface area contributed by atoms with E-state index in [1.807, 2.05) is 14.1 Å². The van der Waals surface area contributed by atoms with Crippen LogP contribution in [0.25, 0.3) is 0 Å². The number of ether oxygens (including phenoxy) is 1. The van der Waals surface area contributed by atoms with Crippen molar-refractivity contribution in [2.24, 2.45) is 0 Å². The van der Waals surface area contributed by atoms with Crippen LogP contribution in [0.15, 0.2) is 65.7 Å². The van der Waals surface area contributed by atoms with E-state index < -0.39 is 10.0 Å². The van der Waals surface area contributed by atoms with Gasteiger partial charge in [-0.05, 0) is 36.4 Å². The number of hydrogen-bond acceptors (Lipinski definition) is 5. The first-order valence-corrected chi connectivity index (χ1v) is 9.31. The van der Waals surface area contributed by atoms with E-state index in [0.717, 1.165) is 4.31 Å². The van der Waals surface area contributed by atoms with Gasteiger partial charge in [0.25, 0.3) is 10.0 Å². The van der Waals surface area contributed by atoms with Gasteiger partial charge in [0.05, 0.1) is 17.7 Å². The quantitative estimate of drug-likeness (QED) is 0.551. The number of methoxy groups -OCH3 is 1. The van der Waals surface area contributed by atoms with E-state index in [9.17, 15) is 13.2 Å². The summed E-state index contributed by atoms with van der Waals surface area (Å²) in [7, 11) is 2.86. The maximum atomic E-state index is 12.8. The first kappa shape index (κ1) is 19.5. The minimum atomic E-state index is -3.74. The zero-order valence-corrected chi connectivity index (χ0v) is 16.0. The number of rotatable bonds is 7. The van der Waals surface area contributed by atoms with Crippen molar-refractivity contribution in [2.75, 3.05) is 32.6 Å². The Bertz CT molecular complexity index is 903. The third-order valence-electron chi connectivity index (χ3n) is 3.74. The summed E-state index contributed by atoms with van der Waals surface area (Å²) in [4.78, 5) is 14.1. The van der Waals surface area contributed by atoms with Gasteiger partial charge < -0.3 is 9.64 Å². The summed E-state index contributed by atoms with van der Waals surface area (Å²) in [5.41, 5.74) is 0.822. The Morgan fingerprint density at radius 2 is 1.69 bits per heavy atom. The molecule has 0 aliphatic rings. The van der Waals surface area contributed by atoms with E-state index in [-0.39, 0.29) is 10.7 Å². The second kappa shape index (κ2) is 8.05. The van der Waals surface area contributed by atoms with Crippen LogP contribution in [0.4, 0.5) is 5.69 Å². The Morgan fingerprint density at radius 3 is 2.27 bits per heavy atom.